The predicted octanol–water partition coefficient (Wildman–Crippen LogP) is 7.25. The molecule has 0 unspecified atom stereocenters. The Kier molecular flexibility index (Phi) is 7.19. The molecule has 0 fully saturated rings. The summed E-state index contributed by atoms with van der Waals surface area (Å²) in [4.78, 5) is 29.7. The van der Waals surface area contributed by atoms with Gasteiger partial charge in [0.05, 0.1) is 34.0 Å². The average Bonchev–Trinajstić information content (AvgIpc) is 3.49. The first kappa shape index (κ1) is 22.7. The summed E-state index contributed by atoms with van der Waals surface area (Å²) in [5.41, 5.74) is 4.54. The summed E-state index contributed by atoms with van der Waals surface area (Å²) in [6, 6.07) is 14.9. The molecular formula is C24H16N2O4S3. The minimum Gasteiger partial charge on any atom is -0.497 e. The zero-order valence-corrected chi connectivity index (χ0v) is 20.0. The molecule has 0 saturated heterocycles. The van der Waals surface area contributed by atoms with Crippen LogP contribution < -0.4 is 9.47 Å². The van der Waals surface area contributed by atoms with E-state index in [1.807, 2.05) is 47.2 Å². The largest absolute Gasteiger partial charge is 0.497 e. The van der Waals surface area contributed by atoms with Gasteiger partial charge in [-0.3, -0.25) is 0 Å². The second-order valence-electron chi connectivity index (χ2n) is 6.52. The minimum absolute atomic E-state index is 0.494. The molecule has 0 radical (unpaired) electrons. The Balaban J connectivity index is 1.75. The highest BCUT2D eigenvalue weighted by atomic mass is 32.2. The summed E-state index contributed by atoms with van der Waals surface area (Å²) in [7, 11) is 3.13. The number of methoxy groups -OCH3 is 2. The minimum atomic E-state index is 0.494. The van der Waals surface area contributed by atoms with Crippen LogP contribution >= 0.6 is 34.4 Å². The smallest absolute Gasteiger partial charge is 0.240 e. The molecule has 0 N–H and O–H groups in total. The number of benzene rings is 2. The lowest BCUT2D eigenvalue weighted by Crippen LogP contribution is -1.85. The van der Waals surface area contributed by atoms with E-state index < -0.39 is 0 Å². The quantitative estimate of drug-likeness (QED) is 0.191. The summed E-state index contributed by atoms with van der Waals surface area (Å²) in [6.07, 6.45) is 3.25. The maximum atomic E-state index is 11.0. The standard InChI is InChI=1S/C24H16N2O4S3/c1-29-15-3-5-17(21(11-15)25-13-27)19-7-9-31-23(19)33-24-20(8-10-32-24)18-6-4-16(30-2)12-22(18)26-14-28/h3-12H,1-2H3. The molecule has 0 aliphatic rings. The molecular weight excluding hydrogens is 476 g/mol. The Morgan fingerprint density at radius 2 is 1.15 bits per heavy atom. The van der Waals surface area contributed by atoms with Crippen molar-refractivity contribution in [1.82, 2.24) is 0 Å². The van der Waals surface area contributed by atoms with E-state index in [2.05, 4.69) is 9.98 Å². The maximum absolute atomic E-state index is 11.0. The van der Waals surface area contributed by atoms with Gasteiger partial charge in [-0.1, -0.05) is 11.8 Å². The van der Waals surface area contributed by atoms with Gasteiger partial charge < -0.3 is 9.47 Å². The van der Waals surface area contributed by atoms with Crippen LogP contribution in [0, 0.1) is 0 Å². The Bertz CT molecular complexity index is 1290. The fraction of sp³-hybridized carbons (Fsp3) is 0.0833. The number of aliphatic imine (C=N–C) groups is 2. The molecule has 33 heavy (non-hydrogen) atoms. The van der Waals surface area contributed by atoms with Gasteiger partial charge in [-0.15, -0.1) is 22.7 Å². The monoisotopic (exact) mass is 492 g/mol. The van der Waals surface area contributed by atoms with Crippen LogP contribution in [0.4, 0.5) is 11.4 Å². The highest BCUT2D eigenvalue weighted by molar-refractivity contribution is 8.03. The molecule has 0 atom stereocenters. The number of thiophene rings is 2. The summed E-state index contributed by atoms with van der Waals surface area (Å²) < 4.78 is 12.6. The van der Waals surface area contributed by atoms with Crippen molar-refractivity contribution >= 4 is 58.0 Å². The molecule has 2 aromatic carbocycles. The van der Waals surface area contributed by atoms with E-state index in [1.54, 1.807) is 72.9 Å². The molecule has 2 heterocycles. The van der Waals surface area contributed by atoms with Gasteiger partial charge in [-0.2, -0.15) is 9.98 Å². The molecule has 0 aliphatic carbocycles. The topological polar surface area (TPSA) is 77.3 Å². The van der Waals surface area contributed by atoms with Gasteiger partial charge in [0, 0.05) is 34.4 Å². The third kappa shape index (κ3) is 4.83. The zero-order valence-electron chi connectivity index (χ0n) is 17.5. The Labute approximate surface area is 202 Å². The van der Waals surface area contributed by atoms with Gasteiger partial charge in [0.2, 0.25) is 12.2 Å². The van der Waals surface area contributed by atoms with Crippen LogP contribution in [0.3, 0.4) is 0 Å². The van der Waals surface area contributed by atoms with Crippen molar-refractivity contribution < 1.29 is 19.1 Å². The van der Waals surface area contributed by atoms with Crippen LogP contribution in [0.2, 0.25) is 0 Å². The Hall–Kier alpha value is -3.45. The number of isocyanates is 2. The van der Waals surface area contributed by atoms with Crippen molar-refractivity contribution in [3.05, 3.63) is 59.3 Å². The van der Waals surface area contributed by atoms with Crippen LogP contribution in [0.25, 0.3) is 22.3 Å². The second-order valence-corrected chi connectivity index (χ2v) is 9.89. The van der Waals surface area contributed by atoms with Crippen molar-refractivity contribution in [2.45, 2.75) is 8.42 Å². The summed E-state index contributed by atoms with van der Waals surface area (Å²) in [6.45, 7) is 0. The van der Waals surface area contributed by atoms with Crippen molar-refractivity contribution in [3.8, 4) is 33.8 Å². The van der Waals surface area contributed by atoms with Crippen molar-refractivity contribution in [3.63, 3.8) is 0 Å². The summed E-state index contributed by atoms with van der Waals surface area (Å²) >= 11 is 4.80. The number of hydrogen-bond donors (Lipinski definition) is 0. The van der Waals surface area contributed by atoms with Crippen LogP contribution in [0.15, 0.2) is 77.7 Å². The lowest BCUT2D eigenvalue weighted by atomic mass is 10.1. The molecule has 4 rings (SSSR count). The van der Waals surface area contributed by atoms with E-state index in [0.29, 0.717) is 22.9 Å². The van der Waals surface area contributed by atoms with E-state index in [0.717, 1.165) is 30.7 Å². The molecule has 4 aromatic rings. The highest BCUT2D eigenvalue weighted by Crippen LogP contribution is 2.49. The maximum Gasteiger partial charge on any atom is 0.240 e. The lowest BCUT2D eigenvalue weighted by Gasteiger charge is -2.10. The first-order valence-electron chi connectivity index (χ1n) is 9.54. The third-order valence-electron chi connectivity index (χ3n) is 4.77. The normalized spacial score (nSPS) is 10.2. The van der Waals surface area contributed by atoms with Gasteiger partial charge >= 0.3 is 0 Å². The molecule has 6 nitrogen and oxygen atoms in total. The van der Waals surface area contributed by atoms with Crippen molar-refractivity contribution in [2.75, 3.05) is 14.2 Å². The summed E-state index contributed by atoms with van der Waals surface area (Å²) in [5.74, 6) is 1.22. The van der Waals surface area contributed by atoms with Crippen LogP contribution in [-0.2, 0) is 9.59 Å². The molecule has 0 amide bonds. The van der Waals surface area contributed by atoms with Gasteiger partial charge in [0.1, 0.15) is 11.5 Å². The molecule has 9 heteroatoms. The average molecular weight is 493 g/mol. The number of nitrogens with zero attached hydrogens (tertiary/aromatic N) is 2. The van der Waals surface area contributed by atoms with E-state index >= 15 is 0 Å². The molecule has 164 valence electrons. The van der Waals surface area contributed by atoms with Crippen LogP contribution in [0.1, 0.15) is 0 Å². The predicted molar refractivity (Wildman–Crippen MR) is 132 cm³/mol. The SMILES string of the molecule is COc1ccc(-c2ccsc2Sc2sccc2-c2ccc(OC)cc2N=C=O)c(N=C=O)c1. The van der Waals surface area contributed by atoms with Gasteiger partial charge in [0.15, 0.2) is 0 Å². The zero-order chi connectivity index (χ0) is 23.2. The van der Waals surface area contributed by atoms with Crippen molar-refractivity contribution in [2.24, 2.45) is 9.98 Å². The number of rotatable bonds is 8. The molecule has 2 aromatic heterocycles. The summed E-state index contributed by atoms with van der Waals surface area (Å²) in [5, 5.41) is 4.00. The molecule has 0 aliphatic heterocycles. The molecule has 0 saturated carbocycles. The second kappa shape index (κ2) is 10.4. The number of carbonyl (C=O) groups excluding carboxylic acids is 2. The number of ether oxygens (including phenoxy) is 2. The van der Waals surface area contributed by atoms with Gasteiger partial charge in [-0.25, -0.2) is 9.59 Å². The van der Waals surface area contributed by atoms with Crippen molar-refractivity contribution in [1.29, 1.82) is 0 Å². The fourth-order valence-electron chi connectivity index (χ4n) is 3.25. The third-order valence-corrected chi connectivity index (χ3v) is 8.07. The fourth-order valence-corrected chi connectivity index (χ4v) is 6.63. The van der Waals surface area contributed by atoms with E-state index in [9.17, 15) is 9.59 Å². The molecule has 0 bridgehead atoms. The highest BCUT2D eigenvalue weighted by Gasteiger charge is 2.18. The van der Waals surface area contributed by atoms with E-state index in [-0.39, 0.29) is 0 Å². The van der Waals surface area contributed by atoms with Gasteiger partial charge in [-0.05, 0) is 47.2 Å². The first-order chi connectivity index (χ1) is 16.2. The van der Waals surface area contributed by atoms with Crippen LogP contribution in [-0.4, -0.2) is 26.4 Å². The Morgan fingerprint density at radius 3 is 1.55 bits per heavy atom. The van der Waals surface area contributed by atoms with E-state index in [4.69, 9.17) is 9.47 Å². The Morgan fingerprint density at radius 1 is 0.697 bits per heavy atom. The van der Waals surface area contributed by atoms with Crippen LogP contribution in [0.5, 0.6) is 11.5 Å². The first-order valence-corrected chi connectivity index (χ1v) is 12.1. The number of hydrogen-bond acceptors (Lipinski definition) is 9. The van der Waals surface area contributed by atoms with E-state index in [1.165, 1.54) is 0 Å². The lowest BCUT2D eigenvalue weighted by molar-refractivity contribution is 0.415. The molecule has 0 spiro atoms. The van der Waals surface area contributed by atoms with Gasteiger partial charge in [0.25, 0.3) is 0 Å².